The Morgan fingerprint density at radius 1 is 1.11 bits per heavy atom. The fourth-order valence-electron chi connectivity index (χ4n) is 2.71. The monoisotopic (exact) mass is 382 g/mol. The molecule has 3 N–H and O–H groups in total. The molecule has 1 atom stereocenters. The molecular weight excluding hydrogens is 364 g/mol. The second-order valence-electron chi connectivity index (χ2n) is 6.21. The number of carbonyl (C=O) groups is 2. The lowest BCUT2D eigenvalue weighted by atomic mass is 10.1. The van der Waals surface area contributed by atoms with Crippen LogP contribution in [0.3, 0.4) is 0 Å². The van der Waals surface area contributed by atoms with Gasteiger partial charge in [0.25, 0.3) is 5.56 Å². The average molecular weight is 382 g/mol. The zero-order valence-electron chi connectivity index (χ0n) is 14.8. The van der Waals surface area contributed by atoms with Crippen molar-refractivity contribution in [3.8, 4) is 5.75 Å². The standard InChI is InChI=1S/C19H18N4O5/c24-13-7-5-12(6-8-13)11-16(19(27)28)20-17(25)9-10-23-18(26)14-3-1-2-4-15(14)21-22-23/h1-8,16,24H,9-11H2,(H,20,25)(H,27,28). The molecule has 9 nitrogen and oxygen atoms in total. The largest absolute Gasteiger partial charge is 0.508 e. The third kappa shape index (κ3) is 4.50. The molecule has 3 rings (SSSR count). The van der Waals surface area contributed by atoms with E-state index < -0.39 is 17.9 Å². The lowest BCUT2D eigenvalue weighted by Gasteiger charge is -2.15. The normalized spacial score (nSPS) is 11.9. The fourth-order valence-corrected chi connectivity index (χ4v) is 2.71. The second-order valence-corrected chi connectivity index (χ2v) is 6.21. The molecule has 0 saturated heterocycles. The Morgan fingerprint density at radius 3 is 2.54 bits per heavy atom. The quantitative estimate of drug-likeness (QED) is 0.547. The minimum absolute atomic E-state index is 0.0198. The van der Waals surface area contributed by atoms with Gasteiger partial charge in [-0.3, -0.25) is 9.59 Å². The number of hydrogen-bond acceptors (Lipinski definition) is 6. The van der Waals surface area contributed by atoms with E-state index in [1.807, 2.05) is 0 Å². The molecule has 28 heavy (non-hydrogen) atoms. The molecule has 0 radical (unpaired) electrons. The Hall–Kier alpha value is -3.75. The van der Waals surface area contributed by atoms with Gasteiger partial charge in [0.1, 0.15) is 17.3 Å². The van der Waals surface area contributed by atoms with Gasteiger partial charge in [0.05, 0.1) is 11.9 Å². The van der Waals surface area contributed by atoms with Crippen LogP contribution in [0.25, 0.3) is 10.9 Å². The van der Waals surface area contributed by atoms with Crippen LogP contribution in [0.4, 0.5) is 0 Å². The van der Waals surface area contributed by atoms with Crippen molar-refractivity contribution in [1.29, 1.82) is 0 Å². The van der Waals surface area contributed by atoms with Crippen molar-refractivity contribution in [3.05, 3.63) is 64.4 Å². The summed E-state index contributed by atoms with van der Waals surface area (Å²) < 4.78 is 1.08. The van der Waals surface area contributed by atoms with E-state index in [1.54, 1.807) is 36.4 Å². The number of phenols is 1. The van der Waals surface area contributed by atoms with Crippen molar-refractivity contribution in [2.45, 2.75) is 25.4 Å². The number of carboxylic acid groups (broad SMARTS) is 1. The predicted molar refractivity (Wildman–Crippen MR) is 99.8 cm³/mol. The van der Waals surface area contributed by atoms with Crippen molar-refractivity contribution in [3.63, 3.8) is 0 Å². The lowest BCUT2D eigenvalue weighted by Crippen LogP contribution is -2.42. The molecule has 1 heterocycles. The number of benzene rings is 2. The van der Waals surface area contributed by atoms with Gasteiger partial charge in [-0.15, -0.1) is 5.10 Å². The fraction of sp³-hybridized carbons (Fsp3) is 0.211. The summed E-state index contributed by atoms with van der Waals surface area (Å²) in [7, 11) is 0. The van der Waals surface area contributed by atoms with Gasteiger partial charge in [-0.1, -0.05) is 29.5 Å². The third-order valence-corrected chi connectivity index (χ3v) is 4.19. The minimum atomic E-state index is -1.18. The summed E-state index contributed by atoms with van der Waals surface area (Å²) in [5.41, 5.74) is 0.757. The molecule has 1 aromatic heterocycles. The molecule has 3 aromatic rings. The molecular formula is C19H18N4O5. The van der Waals surface area contributed by atoms with Crippen LogP contribution in [0.2, 0.25) is 0 Å². The van der Waals surface area contributed by atoms with Crippen molar-refractivity contribution in [2.75, 3.05) is 0 Å². The molecule has 1 amide bonds. The molecule has 0 spiro atoms. The molecule has 0 aliphatic heterocycles. The number of aromatic nitrogens is 3. The first-order chi connectivity index (χ1) is 13.4. The molecule has 0 aliphatic carbocycles. The van der Waals surface area contributed by atoms with E-state index >= 15 is 0 Å². The van der Waals surface area contributed by atoms with Crippen LogP contribution >= 0.6 is 0 Å². The summed E-state index contributed by atoms with van der Waals surface area (Å²) in [6.07, 6.45) is -0.0522. The van der Waals surface area contributed by atoms with Crippen molar-refractivity contribution in [2.24, 2.45) is 0 Å². The van der Waals surface area contributed by atoms with E-state index in [9.17, 15) is 24.6 Å². The van der Waals surface area contributed by atoms with Gasteiger partial charge in [0.2, 0.25) is 5.91 Å². The van der Waals surface area contributed by atoms with E-state index in [0.29, 0.717) is 16.5 Å². The van der Waals surface area contributed by atoms with Crippen LogP contribution in [-0.4, -0.2) is 43.1 Å². The maximum absolute atomic E-state index is 12.4. The van der Waals surface area contributed by atoms with E-state index in [2.05, 4.69) is 15.6 Å². The highest BCUT2D eigenvalue weighted by atomic mass is 16.4. The first-order valence-corrected chi connectivity index (χ1v) is 8.56. The third-order valence-electron chi connectivity index (χ3n) is 4.19. The van der Waals surface area contributed by atoms with Crippen LogP contribution in [0.5, 0.6) is 5.75 Å². The molecule has 1 unspecified atom stereocenters. The number of rotatable bonds is 7. The van der Waals surface area contributed by atoms with Gasteiger partial charge in [-0.2, -0.15) is 0 Å². The Labute approximate surface area is 159 Å². The van der Waals surface area contributed by atoms with E-state index in [1.165, 1.54) is 12.1 Å². The molecule has 2 aromatic carbocycles. The maximum atomic E-state index is 12.4. The molecule has 9 heteroatoms. The smallest absolute Gasteiger partial charge is 0.326 e. The number of hydrogen-bond donors (Lipinski definition) is 3. The Morgan fingerprint density at radius 2 is 1.82 bits per heavy atom. The van der Waals surface area contributed by atoms with E-state index in [0.717, 1.165) is 4.68 Å². The van der Waals surface area contributed by atoms with Crippen LogP contribution in [0, 0.1) is 0 Å². The predicted octanol–water partition coefficient (Wildman–Crippen LogP) is 0.699. The number of nitrogens with one attached hydrogen (secondary N) is 1. The zero-order valence-corrected chi connectivity index (χ0v) is 14.8. The van der Waals surface area contributed by atoms with Crippen LogP contribution < -0.4 is 10.9 Å². The highest BCUT2D eigenvalue weighted by Crippen LogP contribution is 2.11. The molecule has 0 saturated carbocycles. The number of nitrogens with zero attached hydrogens (tertiary/aromatic N) is 3. The number of carbonyl (C=O) groups excluding carboxylic acids is 1. The SMILES string of the molecule is O=C(CCn1nnc2ccccc2c1=O)NC(Cc1ccc(O)cc1)C(=O)O. The van der Waals surface area contributed by atoms with Gasteiger partial charge in [0, 0.05) is 12.8 Å². The first-order valence-electron chi connectivity index (χ1n) is 8.56. The summed E-state index contributed by atoms with van der Waals surface area (Å²) in [5.74, 6) is -1.63. The highest BCUT2D eigenvalue weighted by molar-refractivity contribution is 5.83. The molecule has 144 valence electrons. The summed E-state index contributed by atoms with van der Waals surface area (Å²) in [6.45, 7) is -0.0198. The van der Waals surface area contributed by atoms with Crippen molar-refractivity contribution in [1.82, 2.24) is 20.3 Å². The van der Waals surface area contributed by atoms with Crippen LogP contribution in [-0.2, 0) is 22.6 Å². The van der Waals surface area contributed by atoms with Crippen LogP contribution in [0.1, 0.15) is 12.0 Å². The van der Waals surface area contributed by atoms with Gasteiger partial charge < -0.3 is 15.5 Å². The zero-order chi connectivity index (χ0) is 20.1. The summed E-state index contributed by atoms with van der Waals surface area (Å²) in [4.78, 5) is 36.0. The van der Waals surface area contributed by atoms with Crippen molar-refractivity contribution >= 4 is 22.8 Å². The number of aliphatic carboxylic acids is 1. The van der Waals surface area contributed by atoms with Gasteiger partial charge in [-0.25, -0.2) is 9.48 Å². The molecule has 0 fully saturated rings. The first kappa shape index (κ1) is 19.0. The Kier molecular flexibility index (Phi) is 5.64. The average Bonchev–Trinajstić information content (AvgIpc) is 2.68. The summed E-state index contributed by atoms with van der Waals surface area (Å²) >= 11 is 0. The summed E-state index contributed by atoms with van der Waals surface area (Å²) in [5, 5.41) is 29.2. The van der Waals surface area contributed by atoms with E-state index in [4.69, 9.17) is 0 Å². The Bertz CT molecular complexity index is 1060. The number of aromatic hydroxyl groups is 1. The lowest BCUT2D eigenvalue weighted by molar-refractivity contribution is -0.141. The minimum Gasteiger partial charge on any atom is -0.508 e. The maximum Gasteiger partial charge on any atom is 0.326 e. The van der Waals surface area contributed by atoms with Gasteiger partial charge in [-0.05, 0) is 29.8 Å². The summed E-state index contributed by atoms with van der Waals surface area (Å²) in [6, 6.07) is 11.7. The Balaban J connectivity index is 1.63. The van der Waals surface area contributed by atoms with Crippen LogP contribution in [0.15, 0.2) is 53.3 Å². The number of amides is 1. The number of phenolic OH excluding ortho intramolecular Hbond substituents is 1. The van der Waals surface area contributed by atoms with Crippen molar-refractivity contribution < 1.29 is 19.8 Å². The topological polar surface area (TPSA) is 134 Å². The second kappa shape index (κ2) is 8.30. The van der Waals surface area contributed by atoms with Gasteiger partial charge >= 0.3 is 5.97 Å². The number of aryl methyl sites for hydroxylation is 1. The molecule has 0 aliphatic rings. The van der Waals surface area contributed by atoms with E-state index in [-0.39, 0.29) is 30.7 Å². The highest BCUT2D eigenvalue weighted by Gasteiger charge is 2.20. The van der Waals surface area contributed by atoms with Gasteiger partial charge in [0.15, 0.2) is 0 Å². The number of fused-ring (bicyclic) bond motifs is 1. The number of carboxylic acids is 1. The molecule has 0 bridgehead atoms.